The molecule has 0 spiro atoms. The summed E-state index contributed by atoms with van der Waals surface area (Å²) in [5.41, 5.74) is -0.718. The summed E-state index contributed by atoms with van der Waals surface area (Å²) in [6.07, 6.45) is 3.76. The summed E-state index contributed by atoms with van der Waals surface area (Å²) in [4.78, 5) is 53.5. The summed E-state index contributed by atoms with van der Waals surface area (Å²) in [5, 5.41) is 3.23. The van der Waals surface area contributed by atoms with E-state index in [0.717, 1.165) is 0 Å². The van der Waals surface area contributed by atoms with Crippen molar-refractivity contribution in [3.8, 4) is 17.5 Å². The number of fused-ring (bicyclic) bond motifs is 5. The van der Waals surface area contributed by atoms with E-state index in [9.17, 15) is 14.4 Å². The number of halogens is 2. The van der Waals surface area contributed by atoms with Gasteiger partial charge in [-0.15, -0.1) is 0 Å². The van der Waals surface area contributed by atoms with Crippen LogP contribution in [0.15, 0.2) is 42.9 Å². The Kier molecular flexibility index (Phi) is 9.23. The molecule has 6 rings (SSSR count). The van der Waals surface area contributed by atoms with Crippen molar-refractivity contribution in [1.29, 1.82) is 0 Å². The third-order valence-corrected chi connectivity index (χ3v) is 9.54. The van der Waals surface area contributed by atoms with E-state index in [1.54, 1.807) is 24.3 Å². The first kappa shape index (κ1) is 33.5. The Balaban J connectivity index is 1.40. The van der Waals surface area contributed by atoms with E-state index in [1.807, 2.05) is 27.7 Å². The zero-order valence-corrected chi connectivity index (χ0v) is 27.5. The molecule has 256 valence electrons. The van der Waals surface area contributed by atoms with Crippen LogP contribution in [0.4, 0.5) is 13.6 Å². The molecular formula is C35H41F2N5O6. The van der Waals surface area contributed by atoms with Crippen LogP contribution in [0.1, 0.15) is 71.8 Å². The molecule has 11 nitrogen and oxygen atoms in total. The first-order chi connectivity index (χ1) is 22.9. The number of amides is 2. The molecule has 1 aromatic carbocycles. The molecule has 2 bridgehead atoms. The van der Waals surface area contributed by atoms with Gasteiger partial charge in [0.05, 0.1) is 23.7 Å². The van der Waals surface area contributed by atoms with Crippen LogP contribution in [-0.4, -0.2) is 69.0 Å². The number of benzene rings is 1. The Morgan fingerprint density at radius 2 is 1.94 bits per heavy atom. The molecule has 1 saturated heterocycles. The second-order valence-electron chi connectivity index (χ2n) is 14.0. The smallest absolute Gasteiger partial charge is 0.408 e. The minimum Gasteiger partial charge on any atom is -0.472 e. The highest BCUT2D eigenvalue weighted by molar-refractivity contribution is 5.89. The van der Waals surface area contributed by atoms with Crippen LogP contribution < -0.4 is 14.8 Å². The van der Waals surface area contributed by atoms with Crippen molar-refractivity contribution in [2.24, 2.45) is 17.3 Å². The van der Waals surface area contributed by atoms with Crippen molar-refractivity contribution in [1.82, 2.24) is 25.2 Å². The first-order valence-electron chi connectivity index (χ1n) is 16.5. The number of alkyl carbamates (subject to hydrolysis) is 1. The Morgan fingerprint density at radius 1 is 1.12 bits per heavy atom. The van der Waals surface area contributed by atoms with Crippen LogP contribution in [0.3, 0.4) is 0 Å². The number of alkyl halides is 2. The van der Waals surface area contributed by atoms with Crippen LogP contribution >= 0.6 is 0 Å². The van der Waals surface area contributed by atoms with Crippen LogP contribution in [-0.2, 0) is 20.2 Å². The fraction of sp³-hybridized carbons (Fsp3) is 0.543. The number of hydrogen-bond acceptors (Lipinski definition) is 9. The highest BCUT2D eigenvalue weighted by Gasteiger charge is 2.49. The first-order valence-corrected chi connectivity index (χ1v) is 16.5. The van der Waals surface area contributed by atoms with Gasteiger partial charge in [-0.1, -0.05) is 34.1 Å². The van der Waals surface area contributed by atoms with Crippen LogP contribution in [0.25, 0.3) is 10.9 Å². The van der Waals surface area contributed by atoms with Gasteiger partial charge in [-0.3, -0.25) is 4.79 Å². The number of carbonyl (C=O) groups excluding carboxylic acids is 3. The van der Waals surface area contributed by atoms with E-state index in [2.05, 4.69) is 20.3 Å². The van der Waals surface area contributed by atoms with Gasteiger partial charge in [0.1, 0.15) is 36.6 Å². The maximum absolute atomic E-state index is 16.1. The number of nitrogens with zero attached hydrogens (tertiary/aromatic N) is 4. The highest BCUT2D eigenvalue weighted by atomic mass is 19.3. The maximum Gasteiger partial charge on any atom is 0.408 e. The lowest BCUT2D eigenvalue weighted by Gasteiger charge is -2.34. The Bertz CT molecular complexity index is 1670. The van der Waals surface area contributed by atoms with Gasteiger partial charge in [0, 0.05) is 36.1 Å². The van der Waals surface area contributed by atoms with Crippen molar-refractivity contribution in [3.05, 3.63) is 48.4 Å². The van der Waals surface area contributed by atoms with Gasteiger partial charge in [0.2, 0.25) is 17.7 Å². The second-order valence-corrected chi connectivity index (χ2v) is 14.0. The lowest BCUT2D eigenvalue weighted by molar-refractivity contribution is -0.139. The zero-order chi connectivity index (χ0) is 34.2. The normalized spacial score (nSPS) is 27.8. The van der Waals surface area contributed by atoms with Gasteiger partial charge in [-0.05, 0) is 55.2 Å². The molecule has 0 radical (unpaired) electrons. The van der Waals surface area contributed by atoms with Gasteiger partial charge in [0.25, 0.3) is 5.92 Å². The van der Waals surface area contributed by atoms with Crippen LogP contribution in [0, 0.1) is 17.3 Å². The summed E-state index contributed by atoms with van der Waals surface area (Å²) in [7, 11) is 0. The third kappa shape index (κ3) is 7.05. The molecule has 2 aromatic heterocycles. The van der Waals surface area contributed by atoms with Gasteiger partial charge < -0.3 is 29.2 Å². The van der Waals surface area contributed by atoms with Gasteiger partial charge in [-0.2, -0.15) is 0 Å². The second kappa shape index (κ2) is 13.2. The predicted molar refractivity (Wildman–Crippen MR) is 171 cm³/mol. The lowest BCUT2D eigenvalue weighted by Crippen LogP contribution is -2.56. The topological polar surface area (TPSA) is 133 Å². The summed E-state index contributed by atoms with van der Waals surface area (Å²) in [5.74, 6) is -3.75. The minimum absolute atomic E-state index is 0.0592. The quantitative estimate of drug-likeness (QED) is 0.324. The number of aldehydes is 1. The molecule has 2 fully saturated rings. The molecule has 3 aliphatic rings. The molecule has 4 heterocycles. The summed E-state index contributed by atoms with van der Waals surface area (Å²) in [6, 6.07) is 6.00. The van der Waals surface area contributed by atoms with E-state index >= 15 is 8.78 Å². The number of ether oxygens (including phenoxy) is 3. The van der Waals surface area contributed by atoms with Crippen molar-refractivity contribution >= 4 is 29.2 Å². The summed E-state index contributed by atoms with van der Waals surface area (Å²) in [6.45, 7) is 7.24. The van der Waals surface area contributed by atoms with Crippen molar-refractivity contribution < 1.29 is 37.4 Å². The third-order valence-electron chi connectivity index (χ3n) is 9.54. The number of hydrogen-bond donors (Lipinski definition) is 1. The zero-order valence-electron chi connectivity index (χ0n) is 27.5. The minimum atomic E-state index is -3.28. The predicted octanol–water partition coefficient (Wildman–Crippen LogP) is 6.20. The Labute approximate surface area is 277 Å². The lowest BCUT2D eigenvalue weighted by atomic mass is 9.85. The molecule has 0 unspecified atom stereocenters. The van der Waals surface area contributed by atoms with Crippen molar-refractivity contribution in [2.75, 3.05) is 6.54 Å². The molecule has 6 atom stereocenters. The van der Waals surface area contributed by atoms with E-state index in [1.165, 1.54) is 23.5 Å². The largest absolute Gasteiger partial charge is 0.472 e. The number of nitrogens with one attached hydrogen (secondary N) is 1. The molecule has 13 heteroatoms. The Hall–Kier alpha value is -4.42. The number of aromatic nitrogens is 3. The van der Waals surface area contributed by atoms with E-state index in [0.29, 0.717) is 54.5 Å². The molecule has 3 aromatic rings. The van der Waals surface area contributed by atoms with Crippen LogP contribution in [0.2, 0.25) is 0 Å². The molecule has 2 aliphatic heterocycles. The maximum atomic E-state index is 16.1. The number of pyridine rings is 1. The fourth-order valence-electron chi connectivity index (χ4n) is 6.75. The van der Waals surface area contributed by atoms with Gasteiger partial charge in [0.15, 0.2) is 0 Å². The highest BCUT2D eigenvalue weighted by Crippen LogP contribution is 2.44. The SMILES string of the molecule is CC[C@@H]1[C@@H]2CN(C(=O)[C@H](C(C)(C)C)NC(=O)O[C@@H]3C[C@H]3CCCCC(F)(F)c3cc4ccc(Oc5ccncn5)cc4nc3O2)[C@@H]1C=O. The molecular weight excluding hydrogens is 624 g/mol. The van der Waals surface area contributed by atoms with E-state index < -0.39 is 53.9 Å². The van der Waals surface area contributed by atoms with Crippen LogP contribution in [0.5, 0.6) is 17.5 Å². The monoisotopic (exact) mass is 665 g/mol. The van der Waals surface area contributed by atoms with Crippen molar-refractivity contribution in [2.45, 2.75) is 96.4 Å². The molecule has 1 aliphatic carbocycles. The van der Waals surface area contributed by atoms with Crippen molar-refractivity contribution in [3.63, 3.8) is 0 Å². The average molecular weight is 666 g/mol. The Morgan fingerprint density at radius 3 is 2.65 bits per heavy atom. The van der Waals surface area contributed by atoms with E-state index in [4.69, 9.17) is 14.2 Å². The molecule has 1 N–H and O–H groups in total. The standard InChI is InChI=1S/C35H41F2N5O6/c1-5-23-26(18-43)42-17-28(23)47-31-24(14-20-9-10-22(16-25(20)40-31)46-29-11-13-38-19-39-29)35(36,37)12-7-6-8-21-15-27(21)48-33(45)41-30(32(42)44)34(2,3)4/h9-11,13-14,16,18-19,21,23,26-28,30H,5-8,12,15,17H2,1-4H3,(H,41,45)/t21-,23+,26-,27-,28+,30-/m1/s1. The van der Waals surface area contributed by atoms with E-state index in [-0.39, 0.29) is 36.4 Å². The molecule has 1 saturated carbocycles. The fourth-order valence-corrected chi connectivity index (χ4v) is 6.75. The number of carbonyl (C=O) groups is 3. The average Bonchev–Trinajstić information content (AvgIpc) is 3.68. The molecule has 2 amide bonds. The number of rotatable bonds is 4. The van der Waals surface area contributed by atoms with Gasteiger partial charge >= 0.3 is 6.09 Å². The summed E-state index contributed by atoms with van der Waals surface area (Å²) >= 11 is 0. The van der Waals surface area contributed by atoms with Gasteiger partial charge in [-0.25, -0.2) is 28.5 Å². The summed E-state index contributed by atoms with van der Waals surface area (Å²) < 4.78 is 50.1. The molecule has 48 heavy (non-hydrogen) atoms.